The van der Waals surface area contributed by atoms with E-state index in [2.05, 4.69) is 12.2 Å². The molecule has 0 spiro atoms. The minimum Gasteiger partial charge on any atom is -0.504 e. The van der Waals surface area contributed by atoms with Crippen LogP contribution in [0, 0.1) is 11.8 Å². The van der Waals surface area contributed by atoms with Crippen LogP contribution < -0.4 is 5.32 Å². The van der Waals surface area contributed by atoms with E-state index in [4.69, 9.17) is 0 Å². The number of nitrogens with zero attached hydrogens (tertiary/aromatic N) is 1. The van der Waals surface area contributed by atoms with Gasteiger partial charge in [-0.05, 0) is 30.9 Å². The second-order valence-corrected chi connectivity index (χ2v) is 5.45. The van der Waals surface area contributed by atoms with Crippen molar-refractivity contribution in [1.29, 1.82) is 0 Å². The third kappa shape index (κ3) is 1.85. The van der Waals surface area contributed by atoms with Gasteiger partial charge in [0.25, 0.3) is 5.91 Å². The van der Waals surface area contributed by atoms with Gasteiger partial charge >= 0.3 is 0 Å². The van der Waals surface area contributed by atoms with E-state index in [1.54, 1.807) is 12.1 Å². The van der Waals surface area contributed by atoms with Crippen LogP contribution in [0.5, 0.6) is 11.5 Å². The first-order chi connectivity index (χ1) is 9.09. The van der Waals surface area contributed by atoms with E-state index in [1.165, 1.54) is 6.07 Å². The highest BCUT2D eigenvalue weighted by Gasteiger charge is 2.44. The number of rotatable bonds is 1. The van der Waals surface area contributed by atoms with E-state index in [-0.39, 0.29) is 29.0 Å². The first kappa shape index (κ1) is 12.3. The van der Waals surface area contributed by atoms with Gasteiger partial charge in [-0.25, -0.2) is 0 Å². The summed E-state index contributed by atoms with van der Waals surface area (Å²) in [5.74, 6) is 0.214. The summed E-state index contributed by atoms with van der Waals surface area (Å²) < 4.78 is 0. The molecule has 0 bridgehead atoms. The first-order valence-corrected chi connectivity index (χ1v) is 6.62. The molecule has 5 heteroatoms. The van der Waals surface area contributed by atoms with Gasteiger partial charge in [0.1, 0.15) is 0 Å². The van der Waals surface area contributed by atoms with Crippen LogP contribution in [0.1, 0.15) is 17.3 Å². The largest absolute Gasteiger partial charge is 0.504 e. The summed E-state index contributed by atoms with van der Waals surface area (Å²) in [6.45, 7) is 4.66. The van der Waals surface area contributed by atoms with E-state index in [0.717, 1.165) is 13.1 Å². The number of amides is 1. The number of phenolic OH excluding ortho intramolecular Hbond substituents is 2. The number of nitrogens with one attached hydrogen (secondary N) is 1. The number of likely N-dealkylation sites (tertiary alicyclic amines) is 1. The average Bonchev–Trinajstić information content (AvgIpc) is 2.96. The molecule has 1 aromatic rings. The second kappa shape index (κ2) is 4.42. The Kier molecular flexibility index (Phi) is 2.86. The van der Waals surface area contributed by atoms with Crippen molar-refractivity contribution in [2.24, 2.45) is 11.8 Å². The monoisotopic (exact) mass is 262 g/mol. The predicted octanol–water partition coefficient (Wildman–Crippen LogP) is 0.778. The molecular formula is C14H18N2O3. The van der Waals surface area contributed by atoms with Crippen LogP contribution in [0.25, 0.3) is 0 Å². The number of para-hydroxylation sites is 1. The summed E-state index contributed by atoms with van der Waals surface area (Å²) in [7, 11) is 0. The van der Waals surface area contributed by atoms with Crippen LogP contribution in [0.3, 0.4) is 0 Å². The van der Waals surface area contributed by atoms with Gasteiger partial charge in [-0.1, -0.05) is 6.07 Å². The molecule has 3 atom stereocenters. The SMILES string of the molecule is CC1C2CNCC2CN1C(=O)c1cccc(O)c1O. The highest BCUT2D eigenvalue weighted by molar-refractivity contribution is 5.98. The van der Waals surface area contributed by atoms with Crippen molar-refractivity contribution in [3.63, 3.8) is 0 Å². The minimum absolute atomic E-state index is 0.161. The number of carbonyl (C=O) groups excluding carboxylic acids is 1. The smallest absolute Gasteiger partial charge is 0.258 e. The Balaban J connectivity index is 1.87. The van der Waals surface area contributed by atoms with Crippen LogP contribution in [0.15, 0.2) is 18.2 Å². The Morgan fingerprint density at radius 1 is 1.37 bits per heavy atom. The van der Waals surface area contributed by atoms with Gasteiger partial charge in [-0.2, -0.15) is 0 Å². The lowest BCUT2D eigenvalue weighted by Gasteiger charge is -2.25. The van der Waals surface area contributed by atoms with Gasteiger partial charge in [0.05, 0.1) is 5.56 Å². The summed E-state index contributed by atoms with van der Waals surface area (Å²) in [6, 6.07) is 4.66. The number of carbonyl (C=O) groups is 1. The van der Waals surface area contributed by atoms with E-state index in [1.807, 2.05) is 4.90 Å². The molecule has 2 aliphatic heterocycles. The molecule has 3 unspecified atom stereocenters. The maximum Gasteiger partial charge on any atom is 0.258 e. The van der Waals surface area contributed by atoms with E-state index in [9.17, 15) is 15.0 Å². The van der Waals surface area contributed by atoms with Gasteiger partial charge in [0.15, 0.2) is 11.5 Å². The Labute approximate surface area is 111 Å². The van der Waals surface area contributed by atoms with Gasteiger partial charge < -0.3 is 20.4 Å². The fourth-order valence-electron chi connectivity index (χ4n) is 3.29. The molecule has 0 radical (unpaired) electrons. The van der Waals surface area contributed by atoms with Crippen molar-refractivity contribution in [1.82, 2.24) is 10.2 Å². The van der Waals surface area contributed by atoms with Gasteiger partial charge in [-0.3, -0.25) is 4.79 Å². The normalized spacial score (nSPS) is 29.5. The Morgan fingerprint density at radius 2 is 2.16 bits per heavy atom. The molecule has 0 aromatic heterocycles. The fourth-order valence-corrected chi connectivity index (χ4v) is 3.29. The highest BCUT2D eigenvalue weighted by atomic mass is 16.3. The molecular weight excluding hydrogens is 244 g/mol. The van der Waals surface area contributed by atoms with Crippen LogP contribution in [0.4, 0.5) is 0 Å². The standard InChI is InChI=1S/C14H18N2O3/c1-8-11-6-15-5-9(11)7-16(8)14(19)10-3-2-4-12(17)13(10)18/h2-4,8-9,11,15,17-18H,5-7H2,1H3. The molecule has 0 saturated carbocycles. The van der Waals surface area contributed by atoms with Crippen LogP contribution in [-0.4, -0.2) is 46.7 Å². The van der Waals surface area contributed by atoms with Crippen molar-refractivity contribution in [3.05, 3.63) is 23.8 Å². The molecule has 3 rings (SSSR count). The molecule has 19 heavy (non-hydrogen) atoms. The van der Waals surface area contributed by atoms with Gasteiger partial charge in [0.2, 0.25) is 0 Å². The maximum atomic E-state index is 12.5. The highest BCUT2D eigenvalue weighted by Crippen LogP contribution is 2.36. The molecule has 0 aliphatic carbocycles. The maximum absolute atomic E-state index is 12.5. The molecule has 5 nitrogen and oxygen atoms in total. The van der Waals surface area contributed by atoms with Gasteiger partial charge in [-0.15, -0.1) is 0 Å². The first-order valence-electron chi connectivity index (χ1n) is 6.62. The summed E-state index contributed by atoms with van der Waals surface area (Å²) in [5, 5.41) is 22.6. The topological polar surface area (TPSA) is 72.8 Å². The number of phenols is 2. The molecule has 102 valence electrons. The summed E-state index contributed by atoms with van der Waals surface area (Å²) in [6.07, 6.45) is 0. The van der Waals surface area contributed by atoms with Crippen molar-refractivity contribution >= 4 is 5.91 Å². The van der Waals surface area contributed by atoms with Crippen molar-refractivity contribution in [2.45, 2.75) is 13.0 Å². The summed E-state index contributed by atoms with van der Waals surface area (Å²) >= 11 is 0. The number of fused-ring (bicyclic) bond motifs is 1. The minimum atomic E-state index is -0.324. The second-order valence-electron chi connectivity index (χ2n) is 5.45. The van der Waals surface area contributed by atoms with E-state index in [0.29, 0.717) is 18.4 Å². The number of aromatic hydroxyl groups is 2. The van der Waals surface area contributed by atoms with Crippen LogP contribution in [0.2, 0.25) is 0 Å². The summed E-state index contributed by atoms with van der Waals surface area (Å²) in [5.41, 5.74) is 0.180. The molecule has 2 fully saturated rings. The zero-order valence-corrected chi connectivity index (χ0v) is 10.8. The Morgan fingerprint density at radius 3 is 2.89 bits per heavy atom. The quantitative estimate of drug-likeness (QED) is 0.654. The third-order valence-electron chi connectivity index (χ3n) is 4.44. The average molecular weight is 262 g/mol. The molecule has 2 saturated heterocycles. The fraction of sp³-hybridized carbons (Fsp3) is 0.500. The zero-order chi connectivity index (χ0) is 13.6. The molecule has 1 aromatic carbocycles. The van der Waals surface area contributed by atoms with Gasteiger partial charge in [0, 0.05) is 25.7 Å². The Bertz CT molecular complexity index is 517. The molecule has 3 N–H and O–H groups in total. The van der Waals surface area contributed by atoms with Crippen LogP contribution >= 0.6 is 0 Å². The molecule has 2 aliphatic rings. The van der Waals surface area contributed by atoms with E-state index >= 15 is 0 Å². The predicted molar refractivity (Wildman–Crippen MR) is 70.1 cm³/mol. The van der Waals surface area contributed by atoms with E-state index < -0.39 is 0 Å². The summed E-state index contributed by atoms with van der Waals surface area (Å²) in [4.78, 5) is 14.3. The lowest BCUT2D eigenvalue weighted by molar-refractivity contribution is 0.0725. The molecule has 1 amide bonds. The number of hydrogen-bond donors (Lipinski definition) is 3. The zero-order valence-electron chi connectivity index (χ0n) is 10.8. The number of benzene rings is 1. The lowest BCUT2D eigenvalue weighted by atomic mass is 9.95. The number of hydrogen-bond acceptors (Lipinski definition) is 4. The lowest BCUT2D eigenvalue weighted by Crippen LogP contribution is -2.38. The van der Waals surface area contributed by atoms with Crippen molar-refractivity contribution in [2.75, 3.05) is 19.6 Å². The Hall–Kier alpha value is -1.75. The van der Waals surface area contributed by atoms with Crippen molar-refractivity contribution in [3.8, 4) is 11.5 Å². The van der Waals surface area contributed by atoms with Crippen molar-refractivity contribution < 1.29 is 15.0 Å². The third-order valence-corrected chi connectivity index (χ3v) is 4.44. The van der Waals surface area contributed by atoms with Crippen LogP contribution in [-0.2, 0) is 0 Å². The molecule has 2 heterocycles.